The number of pyridine rings is 1. The van der Waals surface area contributed by atoms with Crippen LogP contribution in [0.1, 0.15) is 34.1 Å². The highest BCUT2D eigenvalue weighted by molar-refractivity contribution is 6.03. The van der Waals surface area contributed by atoms with Crippen molar-refractivity contribution in [1.29, 1.82) is 0 Å². The maximum Gasteiger partial charge on any atom is 0.274 e. The monoisotopic (exact) mass is 359 g/mol. The second-order valence-corrected chi connectivity index (χ2v) is 6.62. The molecule has 2 aromatic carbocycles. The summed E-state index contributed by atoms with van der Waals surface area (Å²) < 4.78 is 0. The average Bonchev–Trinajstić information content (AvgIpc) is 2.70. The molecule has 0 aliphatic heterocycles. The van der Waals surface area contributed by atoms with E-state index in [2.05, 4.69) is 34.3 Å². The van der Waals surface area contributed by atoms with Crippen molar-refractivity contribution in [2.45, 2.75) is 27.3 Å². The first-order valence-corrected chi connectivity index (χ1v) is 9.21. The molecule has 0 radical (unpaired) electrons. The highest BCUT2D eigenvalue weighted by Crippen LogP contribution is 2.21. The molecule has 1 aromatic heterocycles. The lowest BCUT2D eigenvalue weighted by Crippen LogP contribution is -2.22. The van der Waals surface area contributed by atoms with Crippen molar-refractivity contribution < 1.29 is 4.79 Å². The van der Waals surface area contributed by atoms with Crippen molar-refractivity contribution >= 4 is 17.3 Å². The summed E-state index contributed by atoms with van der Waals surface area (Å²) in [5.74, 6) is -0.190. The van der Waals surface area contributed by atoms with Crippen LogP contribution in [0.2, 0.25) is 0 Å². The summed E-state index contributed by atoms with van der Waals surface area (Å²) >= 11 is 0. The molecule has 3 rings (SSSR count). The lowest BCUT2D eigenvalue weighted by Gasteiger charge is -2.23. The number of amides is 1. The van der Waals surface area contributed by atoms with E-state index >= 15 is 0 Å². The Balaban J connectivity index is 1.73. The minimum absolute atomic E-state index is 0.190. The Kier molecular flexibility index (Phi) is 5.87. The fourth-order valence-electron chi connectivity index (χ4n) is 3.09. The van der Waals surface area contributed by atoms with E-state index in [4.69, 9.17) is 0 Å². The predicted octanol–water partition coefficient (Wildman–Crippen LogP) is 4.98. The van der Waals surface area contributed by atoms with Crippen LogP contribution in [0.4, 0.5) is 11.4 Å². The van der Waals surface area contributed by atoms with Crippen LogP contribution in [-0.4, -0.2) is 17.4 Å². The van der Waals surface area contributed by atoms with Crippen LogP contribution >= 0.6 is 0 Å². The van der Waals surface area contributed by atoms with Crippen molar-refractivity contribution in [3.05, 3.63) is 89.2 Å². The highest BCUT2D eigenvalue weighted by atomic mass is 16.1. The molecule has 3 aromatic rings. The van der Waals surface area contributed by atoms with Crippen LogP contribution in [0.15, 0.2) is 66.9 Å². The first kappa shape index (κ1) is 18.6. The number of carbonyl (C=O) groups excluding carboxylic acids is 1. The van der Waals surface area contributed by atoms with Crippen molar-refractivity contribution in [3.63, 3.8) is 0 Å². The SMILES string of the molecule is CCN(Cc1ccccc1)c1ccc(C(=O)Nc2c(C)cccc2C)nc1. The summed E-state index contributed by atoms with van der Waals surface area (Å²) in [4.78, 5) is 19.2. The van der Waals surface area contributed by atoms with Gasteiger partial charge in [0.25, 0.3) is 5.91 Å². The molecule has 1 N–H and O–H groups in total. The van der Waals surface area contributed by atoms with Crippen molar-refractivity contribution in [1.82, 2.24) is 4.98 Å². The summed E-state index contributed by atoms with van der Waals surface area (Å²) in [6, 6.07) is 20.0. The van der Waals surface area contributed by atoms with E-state index in [-0.39, 0.29) is 5.91 Å². The third-order valence-corrected chi connectivity index (χ3v) is 4.66. The number of hydrogen-bond acceptors (Lipinski definition) is 3. The molecular formula is C23H25N3O. The van der Waals surface area contributed by atoms with E-state index in [1.807, 2.05) is 56.3 Å². The highest BCUT2D eigenvalue weighted by Gasteiger charge is 2.12. The number of aryl methyl sites for hydroxylation is 2. The van der Waals surface area contributed by atoms with Gasteiger partial charge in [0.1, 0.15) is 5.69 Å². The van der Waals surface area contributed by atoms with Crippen LogP contribution in [0.25, 0.3) is 0 Å². The summed E-state index contributed by atoms with van der Waals surface area (Å²) in [6.07, 6.45) is 1.77. The third kappa shape index (κ3) is 4.53. The lowest BCUT2D eigenvalue weighted by molar-refractivity contribution is 0.102. The Bertz CT molecular complexity index is 884. The average molecular weight is 359 g/mol. The van der Waals surface area contributed by atoms with Gasteiger partial charge in [-0.05, 0) is 49.6 Å². The van der Waals surface area contributed by atoms with Gasteiger partial charge in [0.2, 0.25) is 0 Å². The van der Waals surface area contributed by atoms with E-state index < -0.39 is 0 Å². The van der Waals surface area contributed by atoms with Crippen molar-refractivity contribution in [2.24, 2.45) is 0 Å². The lowest BCUT2D eigenvalue weighted by atomic mass is 10.1. The summed E-state index contributed by atoms with van der Waals surface area (Å²) in [6.45, 7) is 7.77. The summed E-state index contributed by atoms with van der Waals surface area (Å²) in [5, 5.41) is 2.98. The number of rotatable bonds is 6. The Morgan fingerprint density at radius 3 is 2.26 bits per heavy atom. The van der Waals surface area contributed by atoms with Crippen molar-refractivity contribution in [2.75, 3.05) is 16.8 Å². The standard InChI is InChI=1S/C23H25N3O/c1-4-26(16-19-11-6-5-7-12-19)20-13-14-21(24-15-20)23(27)25-22-17(2)9-8-10-18(22)3/h5-15H,4,16H2,1-3H3,(H,25,27). The van der Waals surface area contributed by atoms with Crippen LogP contribution in [0, 0.1) is 13.8 Å². The van der Waals surface area contributed by atoms with Crippen LogP contribution in [0.3, 0.4) is 0 Å². The number of benzene rings is 2. The van der Waals surface area contributed by atoms with Gasteiger partial charge in [-0.25, -0.2) is 4.98 Å². The van der Waals surface area contributed by atoms with Gasteiger partial charge < -0.3 is 10.2 Å². The predicted molar refractivity (Wildman–Crippen MR) is 111 cm³/mol. The molecule has 0 spiro atoms. The molecule has 0 aliphatic carbocycles. The van der Waals surface area contributed by atoms with Crippen LogP contribution in [0.5, 0.6) is 0 Å². The molecule has 4 nitrogen and oxygen atoms in total. The maximum absolute atomic E-state index is 12.6. The first-order valence-electron chi connectivity index (χ1n) is 9.21. The van der Waals surface area contributed by atoms with Gasteiger partial charge in [-0.2, -0.15) is 0 Å². The van der Waals surface area contributed by atoms with Gasteiger partial charge in [-0.1, -0.05) is 48.5 Å². The number of carbonyl (C=O) groups is 1. The van der Waals surface area contributed by atoms with Gasteiger partial charge in [0.05, 0.1) is 11.9 Å². The van der Waals surface area contributed by atoms with E-state index in [0.717, 1.165) is 35.6 Å². The minimum atomic E-state index is -0.190. The number of anilines is 2. The fraction of sp³-hybridized carbons (Fsp3) is 0.217. The summed E-state index contributed by atoms with van der Waals surface area (Å²) in [7, 11) is 0. The van der Waals surface area contributed by atoms with Gasteiger partial charge >= 0.3 is 0 Å². The molecule has 27 heavy (non-hydrogen) atoms. The van der Waals surface area contributed by atoms with Gasteiger partial charge in [0, 0.05) is 18.8 Å². The fourth-order valence-corrected chi connectivity index (χ4v) is 3.09. The Hall–Kier alpha value is -3.14. The Morgan fingerprint density at radius 1 is 0.963 bits per heavy atom. The molecule has 138 valence electrons. The van der Waals surface area contributed by atoms with Gasteiger partial charge in [-0.3, -0.25) is 4.79 Å². The minimum Gasteiger partial charge on any atom is -0.366 e. The maximum atomic E-state index is 12.6. The van der Waals surface area contributed by atoms with Gasteiger partial charge in [-0.15, -0.1) is 0 Å². The molecule has 0 saturated heterocycles. The smallest absolute Gasteiger partial charge is 0.274 e. The summed E-state index contributed by atoms with van der Waals surface area (Å²) in [5.41, 5.74) is 5.60. The molecule has 0 aliphatic rings. The van der Waals surface area contributed by atoms with Crippen molar-refractivity contribution in [3.8, 4) is 0 Å². The zero-order chi connectivity index (χ0) is 19.2. The molecule has 0 saturated carbocycles. The first-order chi connectivity index (χ1) is 13.1. The molecule has 1 heterocycles. The van der Waals surface area contributed by atoms with E-state index in [9.17, 15) is 4.79 Å². The third-order valence-electron chi connectivity index (χ3n) is 4.66. The topological polar surface area (TPSA) is 45.2 Å². The molecule has 0 fully saturated rings. The number of hydrogen-bond donors (Lipinski definition) is 1. The van der Waals surface area contributed by atoms with Crippen LogP contribution in [-0.2, 0) is 6.54 Å². The van der Waals surface area contributed by atoms with E-state index in [0.29, 0.717) is 5.69 Å². The Morgan fingerprint density at radius 2 is 1.67 bits per heavy atom. The number of nitrogens with one attached hydrogen (secondary N) is 1. The normalized spacial score (nSPS) is 10.5. The van der Waals surface area contributed by atoms with Gasteiger partial charge in [0.15, 0.2) is 0 Å². The quantitative estimate of drug-likeness (QED) is 0.675. The second-order valence-electron chi connectivity index (χ2n) is 6.62. The number of aromatic nitrogens is 1. The second kappa shape index (κ2) is 8.49. The molecule has 1 amide bonds. The number of nitrogens with zero attached hydrogens (tertiary/aromatic N) is 2. The van der Waals surface area contributed by atoms with Crippen LogP contribution < -0.4 is 10.2 Å². The zero-order valence-corrected chi connectivity index (χ0v) is 16.1. The molecular weight excluding hydrogens is 334 g/mol. The molecule has 0 atom stereocenters. The number of para-hydroxylation sites is 1. The van der Waals surface area contributed by atoms with E-state index in [1.165, 1.54) is 5.56 Å². The Labute approximate surface area is 160 Å². The zero-order valence-electron chi connectivity index (χ0n) is 16.1. The molecule has 0 unspecified atom stereocenters. The molecule has 0 bridgehead atoms. The van der Waals surface area contributed by atoms with E-state index in [1.54, 1.807) is 12.3 Å². The largest absolute Gasteiger partial charge is 0.366 e. The molecule has 4 heteroatoms.